The molecule has 0 aromatic heterocycles. The van der Waals surface area contributed by atoms with Gasteiger partial charge in [-0.1, -0.05) is 0 Å². The average Bonchev–Trinajstić information content (AvgIpc) is 3.04. The largest absolute Gasteiger partial charge is 0.379 e. The fourth-order valence-electron chi connectivity index (χ4n) is 1.93. The third-order valence-electron chi connectivity index (χ3n) is 3.09. The second-order valence-corrected chi connectivity index (χ2v) is 4.54. The monoisotopic (exact) mass is 209 g/mol. The van der Waals surface area contributed by atoms with Crippen molar-refractivity contribution < 1.29 is 4.74 Å². The third-order valence-corrected chi connectivity index (χ3v) is 3.09. The molecule has 4 nitrogen and oxygen atoms in total. The first kappa shape index (κ1) is 10.9. The molecule has 1 saturated heterocycles. The normalized spacial score (nSPS) is 29.7. The molecule has 0 bridgehead atoms. The maximum absolute atomic E-state index is 9.05. The second kappa shape index (κ2) is 4.93. The molecule has 4 heteroatoms. The number of nitriles is 1. The van der Waals surface area contributed by atoms with Gasteiger partial charge in [0.25, 0.3) is 0 Å². The number of hydrogen-bond donors (Lipinski definition) is 1. The van der Waals surface area contributed by atoms with E-state index in [1.165, 1.54) is 12.8 Å². The van der Waals surface area contributed by atoms with Crippen molar-refractivity contribution in [2.75, 3.05) is 26.3 Å². The van der Waals surface area contributed by atoms with Crippen LogP contribution >= 0.6 is 0 Å². The summed E-state index contributed by atoms with van der Waals surface area (Å²) in [7, 11) is 0. The van der Waals surface area contributed by atoms with Gasteiger partial charge < -0.3 is 4.74 Å². The van der Waals surface area contributed by atoms with Gasteiger partial charge in [0.1, 0.15) is 6.04 Å². The van der Waals surface area contributed by atoms with Crippen molar-refractivity contribution in [3.8, 4) is 6.07 Å². The average molecular weight is 209 g/mol. The Balaban J connectivity index is 1.79. The van der Waals surface area contributed by atoms with Crippen molar-refractivity contribution in [1.82, 2.24) is 10.2 Å². The molecule has 1 heterocycles. The SMILES string of the molecule is CC1COCCN1CC(C#N)NC1CC1. The van der Waals surface area contributed by atoms with Crippen LogP contribution in [0.4, 0.5) is 0 Å². The quantitative estimate of drug-likeness (QED) is 0.726. The zero-order valence-electron chi connectivity index (χ0n) is 9.28. The highest BCUT2D eigenvalue weighted by molar-refractivity contribution is 4.98. The number of hydrogen-bond acceptors (Lipinski definition) is 4. The minimum Gasteiger partial charge on any atom is -0.379 e. The van der Waals surface area contributed by atoms with Gasteiger partial charge in [-0.3, -0.25) is 10.2 Å². The Morgan fingerprint density at radius 1 is 1.60 bits per heavy atom. The summed E-state index contributed by atoms with van der Waals surface area (Å²) >= 11 is 0. The topological polar surface area (TPSA) is 48.3 Å². The maximum atomic E-state index is 9.05. The van der Waals surface area contributed by atoms with E-state index in [0.717, 1.165) is 26.3 Å². The predicted octanol–water partition coefficient (Wildman–Crippen LogP) is 0.351. The van der Waals surface area contributed by atoms with Gasteiger partial charge in [0.15, 0.2) is 0 Å². The molecular weight excluding hydrogens is 190 g/mol. The van der Waals surface area contributed by atoms with E-state index in [0.29, 0.717) is 12.1 Å². The summed E-state index contributed by atoms with van der Waals surface area (Å²) in [6.45, 7) is 5.53. The minimum atomic E-state index is -0.0157. The van der Waals surface area contributed by atoms with Gasteiger partial charge in [-0.05, 0) is 19.8 Å². The zero-order valence-corrected chi connectivity index (χ0v) is 9.28. The Kier molecular flexibility index (Phi) is 3.57. The molecule has 2 aliphatic rings. The lowest BCUT2D eigenvalue weighted by Gasteiger charge is -2.34. The van der Waals surface area contributed by atoms with Crippen LogP contribution < -0.4 is 5.32 Å². The van der Waals surface area contributed by atoms with E-state index in [1.807, 2.05) is 0 Å². The summed E-state index contributed by atoms with van der Waals surface area (Å²) in [6.07, 6.45) is 2.47. The molecule has 2 unspecified atom stereocenters. The summed E-state index contributed by atoms with van der Waals surface area (Å²) in [5, 5.41) is 12.4. The van der Waals surface area contributed by atoms with Crippen molar-refractivity contribution in [3.05, 3.63) is 0 Å². The van der Waals surface area contributed by atoms with E-state index < -0.39 is 0 Å². The second-order valence-electron chi connectivity index (χ2n) is 4.54. The van der Waals surface area contributed by atoms with Gasteiger partial charge in [-0.25, -0.2) is 0 Å². The number of rotatable bonds is 4. The smallest absolute Gasteiger partial charge is 0.108 e. The molecule has 84 valence electrons. The molecule has 0 aromatic rings. The van der Waals surface area contributed by atoms with Crippen LogP contribution in [0, 0.1) is 11.3 Å². The van der Waals surface area contributed by atoms with Crippen LogP contribution in [-0.4, -0.2) is 49.3 Å². The Morgan fingerprint density at radius 3 is 3.00 bits per heavy atom. The molecule has 2 rings (SSSR count). The van der Waals surface area contributed by atoms with Crippen LogP contribution in [0.1, 0.15) is 19.8 Å². The molecule has 1 aliphatic heterocycles. The van der Waals surface area contributed by atoms with E-state index >= 15 is 0 Å². The zero-order chi connectivity index (χ0) is 10.7. The molecule has 0 radical (unpaired) electrons. The van der Waals surface area contributed by atoms with Crippen LogP contribution in [0.5, 0.6) is 0 Å². The van der Waals surface area contributed by atoms with E-state index in [4.69, 9.17) is 10.00 Å². The molecule has 1 saturated carbocycles. The number of morpholine rings is 1. The van der Waals surface area contributed by atoms with Crippen molar-refractivity contribution in [1.29, 1.82) is 5.26 Å². The lowest BCUT2D eigenvalue weighted by Crippen LogP contribution is -2.50. The number of ether oxygens (including phenoxy) is 1. The van der Waals surface area contributed by atoms with Crippen molar-refractivity contribution in [3.63, 3.8) is 0 Å². The van der Waals surface area contributed by atoms with E-state index in [1.54, 1.807) is 0 Å². The summed E-state index contributed by atoms with van der Waals surface area (Å²) < 4.78 is 5.38. The number of nitrogens with one attached hydrogen (secondary N) is 1. The van der Waals surface area contributed by atoms with Crippen molar-refractivity contribution >= 4 is 0 Å². The standard InChI is InChI=1S/C11H19N3O/c1-9-8-15-5-4-14(9)7-11(6-12)13-10-2-3-10/h9-11,13H,2-5,7-8H2,1H3. The van der Waals surface area contributed by atoms with Gasteiger partial charge in [0.05, 0.1) is 19.3 Å². The number of nitrogens with zero attached hydrogens (tertiary/aromatic N) is 2. The van der Waals surface area contributed by atoms with Crippen LogP contribution in [0.2, 0.25) is 0 Å². The lowest BCUT2D eigenvalue weighted by atomic mass is 10.2. The summed E-state index contributed by atoms with van der Waals surface area (Å²) in [5.74, 6) is 0. The summed E-state index contributed by atoms with van der Waals surface area (Å²) in [4.78, 5) is 2.34. The van der Waals surface area contributed by atoms with Gasteiger partial charge in [0, 0.05) is 25.2 Å². The van der Waals surface area contributed by atoms with Crippen LogP contribution in [0.3, 0.4) is 0 Å². The Hall–Kier alpha value is -0.630. The first-order chi connectivity index (χ1) is 7.29. The lowest BCUT2D eigenvalue weighted by molar-refractivity contribution is -0.00214. The van der Waals surface area contributed by atoms with Crippen molar-refractivity contribution in [2.24, 2.45) is 0 Å². The molecule has 2 atom stereocenters. The molecule has 0 aromatic carbocycles. The predicted molar refractivity (Wildman–Crippen MR) is 57.4 cm³/mol. The molecule has 15 heavy (non-hydrogen) atoms. The maximum Gasteiger partial charge on any atom is 0.108 e. The van der Waals surface area contributed by atoms with Crippen LogP contribution in [0.25, 0.3) is 0 Å². The molecule has 1 N–H and O–H groups in total. The van der Waals surface area contributed by atoms with E-state index in [9.17, 15) is 0 Å². The van der Waals surface area contributed by atoms with Gasteiger partial charge >= 0.3 is 0 Å². The Labute approximate surface area is 91.2 Å². The molecule has 0 spiro atoms. The third kappa shape index (κ3) is 3.16. The molecule has 1 aliphatic carbocycles. The first-order valence-corrected chi connectivity index (χ1v) is 5.77. The summed E-state index contributed by atoms with van der Waals surface area (Å²) in [6, 6.07) is 3.38. The highest BCUT2D eigenvalue weighted by Crippen LogP contribution is 2.19. The molecule has 0 amide bonds. The highest BCUT2D eigenvalue weighted by Gasteiger charge is 2.27. The first-order valence-electron chi connectivity index (χ1n) is 5.77. The van der Waals surface area contributed by atoms with E-state index in [-0.39, 0.29) is 6.04 Å². The van der Waals surface area contributed by atoms with Gasteiger partial charge in [-0.15, -0.1) is 0 Å². The van der Waals surface area contributed by atoms with Gasteiger partial charge in [0.2, 0.25) is 0 Å². The van der Waals surface area contributed by atoms with Crippen LogP contribution in [0.15, 0.2) is 0 Å². The Bertz CT molecular complexity index is 247. The van der Waals surface area contributed by atoms with Crippen LogP contribution in [-0.2, 0) is 4.74 Å². The summed E-state index contributed by atoms with van der Waals surface area (Å²) in [5.41, 5.74) is 0. The highest BCUT2D eigenvalue weighted by atomic mass is 16.5. The Morgan fingerprint density at radius 2 is 2.40 bits per heavy atom. The fraction of sp³-hybridized carbons (Fsp3) is 0.909. The van der Waals surface area contributed by atoms with E-state index in [2.05, 4.69) is 23.2 Å². The van der Waals surface area contributed by atoms with Gasteiger partial charge in [-0.2, -0.15) is 5.26 Å². The fourth-order valence-corrected chi connectivity index (χ4v) is 1.93. The van der Waals surface area contributed by atoms with Crippen molar-refractivity contribution in [2.45, 2.75) is 37.9 Å². The minimum absolute atomic E-state index is 0.0157. The molecule has 2 fully saturated rings. The molecular formula is C11H19N3O.